The van der Waals surface area contributed by atoms with Gasteiger partial charge < -0.3 is 10.5 Å². The van der Waals surface area contributed by atoms with E-state index in [0.29, 0.717) is 10.6 Å². The van der Waals surface area contributed by atoms with Crippen LogP contribution in [0.2, 0.25) is 0 Å². The van der Waals surface area contributed by atoms with Crippen molar-refractivity contribution in [3.63, 3.8) is 0 Å². The molecule has 18 heavy (non-hydrogen) atoms. The molecule has 1 aromatic heterocycles. The lowest BCUT2D eigenvalue weighted by Gasteiger charge is -2.23. The fourth-order valence-electron chi connectivity index (χ4n) is 2.94. The van der Waals surface area contributed by atoms with Crippen LogP contribution in [0.5, 0.6) is 0 Å². The van der Waals surface area contributed by atoms with E-state index in [0.717, 1.165) is 12.0 Å². The van der Waals surface area contributed by atoms with Gasteiger partial charge in [-0.05, 0) is 24.8 Å². The largest absolute Gasteiger partial charge is 0.465 e. The number of carbonyl (C=O) groups excluding carboxylic acids is 1. The van der Waals surface area contributed by atoms with Gasteiger partial charge in [0.2, 0.25) is 0 Å². The number of anilines is 1. The molecule has 0 radical (unpaired) electrons. The molecular weight excluding hydrogens is 246 g/mol. The molecule has 1 saturated carbocycles. The summed E-state index contributed by atoms with van der Waals surface area (Å²) in [6.07, 6.45) is 5.81. The number of carbonyl (C=O) groups is 1. The van der Waals surface area contributed by atoms with Crippen LogP contribution in [0.4, 0.5) is 5.69 Å². The first kappa shape index (κ1) is 13.4. The van der Waals surface area contributed by atoms with E-state index in [1.807, 2.05) is 0 Å². The monoisotopic (exact) mass is 267 g/mol. The maximum absolute atomic E-state index is 11.7. The molecule has 2 rings (SSSR count). The lowest BCUT2D eigenvalue weighted by Crippen LogP contribution is -2.16. The predicted octanol–water partition coefficient (Wildman–Crippen LogP) is 3.51. The minimum atomic E-state index is -0.306. The maximum atomic E-state index is 11.7. The van der Waals surface area contributed by atoms with Gasteiger partial charge in [-0.2, -0.15) is 0 Å². The van der Waals surface area contributed by atoms with E-state index < -0.39 is 0 Å². The van der Waals surface area contributed by atoms with Gasteiger partial charge in [-0.1, -0.05) is 26.7 Å². The summed E-state index contributed by atoms with van der Waals surface area (Å²) in [7, 11) is 1.41. The molecule has 0 amide bonds. The number of hydrogen-bond donors (Lipinski definition) is 1. The summed E-state index contributed by atoms with van der Waals surface area (Å²) in [5, 5.41) is 0. The highest BCUT2D eigenvalue weighted by atomic mass is 32.1. The Balaban J connectivity index is 2.50. The minimum Gasteiger partial charge on any atom is -0.465 e. The fourth-order valence-corrected chi connectivity index (χ4v) is 4.38. The summed E-state index contributed by atoms with van der Waals surface area (Å²) >= 11 is 1.54. The molecule has 0 aliphatic heterocycles. The van der Waals surface area contributed by atoms with Gasteiger partial charge in [0.05, 0.1) is 12.8 Å². The highest BCUT2D eigenvalue weighted by molar-refractivity contribution is 7.15. The van der Waals surface area contributed by atoms with Crippen LogP contribution in [0.1, 0.15) is 59.6 Å². The molecule has 4 heteroatoms. The number of esters is 1. The highest BCUT2D eigenvalue weighted by Gasteiger charge is 2.36. The van der Waals surface area contributed by atoms with E-state index in [-0.39, 0.29) is 11.4 Å². The summed E-state index contributed by atoms with van der Waals surface area (Å²) in [6, 6.07) is 0. The number of nitrogens with two attached hydrogens (primary N) is 1. The number of rotatable bonds is 3. The third-order valence-corrected chi connectivity index (χ3v) is 5.56. The molecule has 1 heterocycles. The molecule has 1 fully saturated rings. The molecule has 0 atom stereocenters. The number of ether oxygens (including phenoxy) is 1. The highest BCUT2D eigenvalue weighted by Crippen LogP contribution is 2.47. The van der Waals surface area contributed by atoms with Gasteiger partial charge in [0.15, 0.2) is 0 Å². The van der Waals surface area contributed by atoms with Crippen molar-refractivity contribution in [3.05, 3.63) is 15.3 Å². The third kappa shape index (κ3) is 2.03. The SMILES string of the molecule is CCc1c(C2(C)CCCC2)sc(C(=O)OC)c1N. The van der Waals surface area contributed by atoms with Crippen molar-refractivity contribution in [2.75, 3.05) is 12.8 Å². The van der Waals surface area contributed by atoms with E-state index in [1.165, 1.54) is 49.0 Å². The molecule has 2 N–H and O–H groups in total. The van der Waals surface area contributed by atoms with Crippen molar-refractivity contribution in [3.8, 4) is 0 Å². The van der Waals surface area contributed by atoms with Crippen LogP contribution < -0.4 is 5.73 Å². The summed E-state index contributed by atoms with van der Waals surface area (Å²) in [5.41, 5.74) is 8.13. The predicted molar refractivity (Wildman–Crippen MR) is 75.3 cm³/mol. The Labute approximate surface area is 112 Å². The Morgan fingerprint density at radius 2 is 2.06 bits per heavy atom. The van der Waals surface area contributed by atoms with Gasteiger partial charge in [0.1, 0.15) is 4.88 Å². The maximum Gasteiger partial charge on any atom is 0.350 e. The van der Waals surface area contributed by atoms with Gasteiger partial charge in [-0.25, -0.2) is 4.79 Å². The van der Waals surface area contributed by atoms with Crippen molar-refractivity contribution >= 4 is 23.0 Å². The summed E-state index contributed by atoms with van der Waals surface area (Å²) in [4.78, 5) is 13.6. The first-order valence-corrected chi connectivity index (χ1v) is 7.35. The summed E-state index contributed by atoms with van der Waals surface area (Å²) in [6.45, 7) is 4.40. The number of methoxy groups -OCH3 is 1. The lowest BCUT2D eigenvalue weighted by atomic mass is 9.84. The standard InChI is InChI=1S/C14H21NO2S/c1-4-9-10(15)11(13(16)17-3)18-12(9)14(2)7-5-6-8-14/h4-8,15H2,1-3H3. The van der Waals surface area contributed by atoms with Gasteiger partial charge in [0.25, 0.3) is 0 Å². The Morgan fingerprint density at radius 3 is 2.56 bits per heavy atom. The Kier molecular flexibility index (Phi) is 3.66. The van der Waals surface area contributed by atoms with Crippen molar-refractivity contribution in [2.45, 2.75) is 51.4 Å². The number of hydrogen-bond acceptors (Lipinski definition) is 4. The zero-order chi connectivity index (χ0) is 13.3. The molecule has 0 saturated heterocycles. The smallest absolute Gasteiger partial charge is 0.350 e. The molecule has 0 unspecified atom stereocenters. The topological polar surface area (TPSA) is 52.3 Å². The molecule has 0 aromatic carbocycles. The molecule has 1 aliphatic carbocycles. The van der Waals surface area contributed by atoms with Crippen LogP contribution in [-0.4, -0.2) is 13.1 Å². The van der Waals surface area contributed by atoms with Gasteiger partial charge in [-0.3, -0.25) is 0 Å². The lowest BCUT2D eigenvalue weighted by molar-refractivity contribution is 0.0607. The quantitative estimate of drug-likeness (QED) is 0.853. The zero-order valence-electron chi connectivity index (χ0n) is 11.3. The molecular formula is C14H21NO2S. The summed E-state index contributed by atoms with van der Waals surface area (Å²) in [5.74, 6) is -0.306. The van der Waals surface area contributed by atoms with Crippen molar-refractivity contribution in [2.24, 2.45) is 0 Å². The number of nitrogen functional groups attached to an aromatic ring is 1. The van der Waals surface area contributed by atoms with Crippen molar-refractivity contribution in [1.82, 2.24) is 0 Å². The second kappa shape index (κ2) is 4.92. The Hall–Kier alpha value is -1.03. The molecule has 100 valence electrons. The first-order chi connectivity index (χ1) is 8.53. The molecule has 1 aromatic rings. The number of thiophene rings is 1. The molecule has 0 spiro atoms. The van der Waals surface area contributed by atoms with Crippen LogP contribution in [0, 0.1) is 0 Å². The van der Waals surface area contributed by atoms with E-state index >= 15 is 0 Å². The van der Waals surface area contributed by atoms with Crippen LogP contribution in [0.3, 0.4) is 0 Å². The van der Waals surface area contributed by atoms with Crippen LogP contribution >= 0.6 is 11.3 Å². The molecule has 0 bridgehead atoms. The second-order valence-electron chi connectivity index (χ2n) is 5.27. The van der Waals surface area contributed by atoms with E-state index in [4.69, 9.17) is 10.5 Å². The first-order valence-electron chi connectivity index (χ1n) is 6.53. The normalized spacial score (nSPS) is 17.9. The Morgan fingerprint density at radius 1 is 1.44 bits per heavy atom. The van der Waals surface area contributed by atoms with Gasteiger partial charge >= 0.3 is 5.97 Å². The summed E-state index contributed by atoms with van der Waals surface area (Å²) < 4.78 is 4.82. The average molecular weight is 267 g/mol. The van der Waals surface area contributed by atoms with E-state index in [9.17, 15) is 4.79 Å². The Bertz CT molecular complexity index is 459. The van der Waals surface area contributed by atoms with Crippen LogP contribution in [0.25, 0.3) is 0 Å². The van der Waals surface area contributed by atoms with Crippen molar-refractivity contribution in [1.29, 1.82) is 0 Å². The van der Waals surface area contributed by atoms with Crippen LogP contribution in [-0.2, 0) is 16.6 Å². The zero-order valence-corrected chi connectivity index (χ0v) is 12.2. The second-order valence-corrected chi connectivity index (χ2v) is 6.29. The fraction of sp³-hybridized carbons (Fsp3) is 0.643. The minimum absolute atomic E-state index is 0.205. The molecule has 3 nitrogen and oxygen atoms in total. The third-order valence-electron chi connectivity index (χ3n) is 4.03. The van der Waals surface area contributed by atoms with Crippen molar-refractivity contribution < 1.29 is 9.53 Å². The van der Waals surface area contributed by atoms with Gasteiger partial charge in [0, 0.05) is 10.3 Å². The van der Waals surface area contributed by atoms with Gasteiger partial charge in [-0.15, -0.1) is 11.3 Å². The molecule has 1 aliphatic rings. The van der Waals surface area contributed by atoms with E-state index in [1.54, 1.807) is 0 Å². The average Bonchev–Trinajstić information content (AvgIpc) is 2.93. The van der Waals surface area contributed by atoms with Crippen LogP contribution in [0.15, 0.2) is 0 Å². The van der Waals surface area contributed by atoms with E-state index in [2.05, 4.69) is 13.8 Å².